The molecule has 0 N–H and O–H groups in total. The van der Waals surface area contributed by atoms with Crippen molar-refractivity contribution in [2.75, 3.05) is 18.8 Å². The third-order valence-corrected chi connectivity index (χ3v) is 6.90. The van der Waals surface area contributed by atoms with E-state index in [1.165, 1.54) is 12.1 Å². The lowest BCUT2D eigenvalue weighted by molar-refractivity contribution is -0.131. The zero-order valence-electron chi connectivity index (χ0n) is 14.9. The quantitative estimate of drug-likeness (QED) is 0.813. The monoisotopic (exact) mass is 384 g/mol. The predicted octanol–water partition coefficient (Wildman–Crippen LogP) is 3.53. The third-order valence-electron chi connectivity index (χ3n) is 5.34. The summed E-state index contributed by atoms with van der Waals surface area (Å²) in [5.41, 5.74) is 1.49. The summed E-state index contributed by atoms with van der Waals surface area (Å²) >= 11 is 1.69. The predicted molar refractivity (Wildman–Crippen MR) is 104 cm³/mol. The van der Waals surface area contributed by atoms with Crippen molar-refractivity contribution in [3.63, 3.8) is 0 Å². The number of nitrogens with zero attached hydrogens (tertiary/aromatic N) is 2. The minimum atomic E-state index is -0.402. The van der Waals surface area contributed by atoms with E-state index in [0.29, 0.717) is 31.0 Å². The first-order chi connectivity index (χ1) is 13.1. The summed E-state index contributed by atoms with van der Waals surface area (Å²) < 4.78 is 13.4. The summed E-state index contributed by atoms with van der Waals surface area (Å²) in [5.74, 6) is 0.104. The molecule has 0 radical (unpaired) electrons. The molecule has 2 amide bonds. The van der Waals surface area contributed by atoms with Crippen LogP contribution in [0, 0.1) is 5.82 Å². The van der Waals surface area contributed by atoms with Gasteiger partial charge in [-0.25, -0.2) is 4.39 Å². The maximum Gasteiger partial charge on any atom is 0.253 e. The van der Waals surface area contributed by atoms with E-state index in [1.807, 2.05) is 35.2 Å². The average molecular weight is 384 g/mol. The first kappa shape index (κ1) is 18.0. The molecule has 2 saturated heterocycles. The van der Waals surface area contributed by atoms with Gasteiger partial charge in [0.2, 0.25) is 5.91 Å². The molecule has 0 bridgehead atoms. The first-order valence-electron chi connectivity index (χ1n) is 9.11. The minimum Gasteiger partial charge on any atom is -0.338 e. The number of benzene rings is 2. The molecule has 0 aliphatic carbocycles. The standard InChI is InChI=1S/C21H21FN2O2S/c22-18-8-4-7-17(13-18)20(26)23-11-9-21(10-12-23)24(19(25)15-27-21)14-16-5-2-1-3-6-16/h1-8,13H,9-12,14-15H2. The van der Waals surface area contributed by atoms with E-state index in [4.69, 9.17) is 0 Å². The zero-order valence-corrected chi connectivity index (χ0v) is 15.8. The second-order valence-corrected chi connectivity index (χ2v) is 8.34. The Kier molecular flexibility index (Phi) is 4.91. The van der Waals surface area contributed by atoms with Crippen LogP contribution in [0.25, 0.3) is 0 Å². The van der Waals surface area contributed by atoms with E-state index in [-0.39, 0.29) is 16.7 Å². The highest BCUT2D eigenvalue weighted by atomic mass is 32.2. The zero-order chi connectivity index (χ0) is 18.9. The van der Waals surface area contributed by atoms with Gasteiger partial charge in [-0.3, -0.25) is 9.59 Å². The Labute approximate surface area is 162 Å². The van der Waals surface area contributed by atoms with E-state index >= 15 is 0 Å². The molecule has 1 spiro atoms. The van der Waals surface area contributed by atoms with Crippen LogP contribution in [0.1, 0.15) is 28.8 Å². The van der Waals surface area contributed by atoms with Crippen LogP contribution >= 0.6 is 11.8 Å². The van der Waals surface area contributed by atoms with Crippen LogP contribution in [0.3, 0.4) is 0 Å². The molecule has 0 saturated carbocycles. The highest BCUT2D eigenvalue weighted by Crippen LogP contribution is 2.45. The number of thioether (sulfide) groups is 1. The summed E-state index contributed by atoms with van der Waals surface area (Å²) in [6, 6.07) is 15.8. The van der Waals surface area contributed by atoms with Crippen molar-refractivity contribution in [3.05, 3.63) is 71.5 Å². The largest absolute Gasteiger partial charge is 0.338 e. The lowest BCUT2D eigenvalue weighted by Crippen LogP contribution is -2.52. The summed E-state index contributed by atoms with van der Waals surface area (Å²) in [5, 5.41) is 0. The van der Waals surface area contributed by atoms with Gasteiger partial charge in [-0.2, -0.15) is 0 Å². The van der Waals surface area contributed by atoms with Crippen molar-refractivity contribution in [3.8, 4) is 0 Å². The molecule has 2 heterocycles. The molecule has 6 heteroatoms. The molecule has 2 aliphatic rings. The molecule has 4 rings (SSSR count). The maximum absolute atomic E-state index is 13.4. The molecule has 2 fully saturated rings. The third kappa shape index (κ3) is 3.58. The number of piperidine rings is 1. The molecule has 2 aromatic rings. The number of likely N-dealkylation sites (tertiary alicyclic amines) is 1. The molecule has 4 nitrogen and oxygen atoms in total. The first-order valence-corrected chi connectivity index (χ1v) is 10.1. The fourth-order valence-corrected chi connectivity index (χ4v) is 5.20. The Morgan fingerprint density at radius 1 is 1.07 bits per heavy atom. The van der Waals surface area contributed by atoms with Crippen molar-refractivity contribution in [2.24, 2.45) is 0 Å². The SMILES string of the molecule is O=C(c1cccc(F)c1)N1CCC2(CC1)SCC(=O)N2Cc1ccccc1. The van der Waals surface area contributed by atoms with Crippen LogP contribution in [0.5, 0.6) is 0 Å². The van der Waals surface area contributed by atoms with Gasteiger partial charge < -0.3 is 9.80 Å². The van der Waals surface area contributed by atoms with E-state index < -0.39 is 5.82 Å². The molecule has 2 aliphatic heterocycles. The van der Waals surface area contributed by atoms with E-state index in [1.54, 1.807) is 28.8 Å². The number of carbonyl (C=O) groups excluding carboxylic acids is 2. The number of halogens is 1. The highest BCUT2D eigenvalue weighted by molar-refractivity contribution is 8.01. The van der Waals surface area contributed by atoms with Gasteiger partial charge in [0.25, 0.3) is 5.91 Å². The summed E-state index contributed by atoms with van der Waals surface area (Å²) in [6.45, 7) is 1.74. The topological polar surface area (TPSA) is 40.6 Å². The number of amides is 2. The van der Waals surface area contributed by atoms with Crippen molar-refractivity contribution in [2.45, 2.75) is 24.3 Å². The Hall–Kier alpha value is -2.34. The van der Waals surface area contributed by atoms with Crippen LogP contribution < -0.4 is 0 Å². The molecular weight excluding hydrogens is 363 g/mol. The number of hydrogen-bond donors (Lipinski definition) is 0. The van der Waals surface area contributed by atoms with Crippen LogP contribution in [0.4, 0.5) is 4.39 Å². The fraction of sp³-hybridized carbons (Fsp3) is 0.333. The molecular formula is C21H21FN2O2S. The van der Waals surface area contributed by atoms with Gasteiger partial charge in [0.05, 0.1) is 10.6 Å². The molecule has 0 atom stereocenters. The van der Waals surface area contributed by atoms with Crippen LogP contribution in [0.2, 0.25) is 0 Å². The van der Waals surface area contributed by atoms with Gasteiger partial charge in [0, 0.05) is 25.2 Å². The average Bonchev–Trinajstić information content (AvgIpc) is 2.99. The minimum absolute atomic E-state index is 0.145. The lowest BCUT2D eigenvalue weighted by Gasteiger charge is -2.44. The van der Waals surface area contributed by atoms with Crippen molar-refractivity contribution >= 4 is 23.6 Å². The van der Waals surface area contributed by atoms with Gasteiger partial charge in [0.15, 0.2) is 0 Å². The van der Waals surface area contributed by atoms with E-state index in [2.05, 4.69) is 0 Å². The van der Waals surface area contributed by atoms with Crippen LogP contribution in [-0.4, -0.2) is 45.3 Å². The number of carbonyl (C=O) groups is 2. The fourth-order valence-electron chi connectivity index (χ4n) is 3.85. The molecule has 27 heavy (non-hydrogen) atoms. The molecule has 140 valence electrons. The summed E-state index contributed by atoms with van der Waals surface area (Å²) in [7, 11) is 0. The van der Waals surface area contributed by atoms with Crippen LogP contribution in [0.15, 0.2) is 54.6 Å². The second-order valence-electron chi connectivity index (χ2n) is 7.00. The molecule has 2 aromatic carbocycles. The van der Waals surface area contributed by atoms with Gasteiger partial charge >= 0.3 is 0 Å². The maximum atomic E-state index is 13.4. The molecule has 0 aromatic heterocycles. The smallest absolute Gasteiger partial charge is 0.253 e. The lowest BCUT2D eigenvalue weighted by atomic mass is 10.00. The Morgan fingerprint density at radius 3 is 2.52 bits per heavy atom. The highest BCUT2D eigenvalue weighted by Gasteiger charge is 2.48. The van der Waals surface area contributed by atoms with Gasteiger partial charge in [0.1, 0.15) is 5.82 Å². The van der Waals surface area contributed by atoms with Crippen molar-refractivity contribution in [1.29, 1.82) is 0 Å². The summed E-state index contributed by atoms with van der Waals surface area (Å²) in [6.07, 6.45) is 1.47. The van der Waals surface area contributed by atoms with Crippen molar-refractivity contribution < 1.29 is 14.0 Å². The van der Waals surface area contributed by atoms with Crippen LogP contribution in [-0.2, 0) is 11.3 Å². The Balaban J connectivity index is 1.46. The van der Waals surface area contributed by atoms with Crippen molar-refractivity contribution in [1.82, 2.24) is 9.80 Å². The second kappa shape index (κ2) is 7.35. The van der Waals surface area contributed by atoms with Gasteiger partial charge in [-0.15, -0.1) is 11.8 Å². The Bertz CT molecular complexity index is 850. The van der Waals surface area contributed by atoms with Gasteiger partial charge in [-0.1, -0.05) is 36.4 Å². The van der Waals surface area contributed by atoms with Gasteiger partial charge in [-0.05, 0) is 36.6 Å². The normalized spacial score (nSPS) is 18.9. The number of rotatable bonds is 3. The molecule has 0 unspecified atom stereocenters. The summed E-state index contributed by atoms with van der Waals surface area (Å²) in [4.78, 5) is 28.7. The van der Waals surface area contributed by atoms with E-state index in [9.17, 15) is 14.0 Å². The van der Waals surface area contributed by atoms with E-state index in [0.717, 1.165) is 18.4 Å². The Morgan fingerprint density at radius 2 is 1.81 bits per heavy atom. The number of hydrogen-bond acceptors (Lipinski definition) is 3.